The smallest absolute Gasteiger partial charge is 0.128 e. The van der Waals surface area contributed by atoms with Crippen molar-refractivity contribution in [2.75, 3.05) is 25.6 Å². The quantitative estimate of drug-likeness (QED) is 0.214. The molecular weight excluding hydrogens is 404 g/mol. The van der Waals surface area contributed by atoms with Gasteiger partial charge < -0.3 is 15.0 Å². The molecule has 0 saturated heterocycles. The number of hydrogen-bond donors (Lipinski definition) is 2. The summed E-state index contributed by atoms with van der Waals surface area (Å²) in [7, 11) is 2.17. The van der Waals surface area contributed by atoms with Crippen LogP contribution in [-0.2, 0) is 24.3 Å². The number of thioether (sulfide) groups is 1. The highest BCUT2D eigenvalue weighted by molar-refractivity contribution is 8.21. The highest BCUT2D eigenvalue weighted by Gasteiger charge is 2.13. The maximum Gasteiger partial charge on any atom is 0.128 e. The number of aromatic nitrogens is 1. The Bertz CT molecular complexity index is 1130. The van der Waals surface area contributed by atoms with Crippen LogP contribution in [0, 0.1) is 5.41 Å². The summed E-state index contributed by atoms with van der Waals surface area (Å²) in [6, 6.07) is 14.8. The molecule has 2 heterocycles. The van der Waals surface area contributed by atoms with E-state index in [-0.39, 0.29) is 1.43 Å². The van der Waals surface area contributed by atoms with E-state index in [1.807, 2.05) is 24.4 Å². The average molecular weight is 435 g/mol. The van der Waals surface area contributed by atoms with Gasteiger partial charge in [0, 0.05) is 31.0 Å². The number of nitrogens with zero attached hydrogens (tertiary/aromatic N) is 2. The first-order chi connectivity index (χ1) is 15.0. The first-order valence-electron chi connectivity index (χ1n) is 10.4. The van der Waals surface area contributed by atoms with Crippen molar-refractivity contribution in [3.05, 3.63) is 77.5 Å². The maximum atomic E-state index is 7.65. The fourth-order valence-electron chi connectivity index (χ4n) is 3.79. The predicted octanol–water partition coefficient (Wildman–Crippen LogP) is 5.76. The molecule has 1 aliphatic rings. The van der Waals surface area contributed by atoms with Crippen molar-refractivity contribution in [1.82, 2.24) is 9.88 Å². The number of fused-ring (bicyclic) bond motifs is 2. The van der Waals surface area contributed by atoms with E-state index < -0.39 is 0 Å². The van der Waals surface area contributed by atoms with Crippen molar-refractivity contribution in [2.45, 2.75) is 26.5 Å². The topological polar surface area (TPSA) is 61.2 Å². The number of benzene rings is 2. The second kappa shape index (κ2) is 9.64. The lowest BCUT2D eigenvalue weighted by atomic mass is 9.98. The Kier molecular flexibility index (Phi) is 6.70. The summed E-state index contributed by atoms with van der Waals surface area (Å²) in [6.07, 6.45) is 2.96. The van der Waals surface area contributed by atoms with Gasteiger partial charge in [-0.3, -0.25) is 5.41 Å². The minimum absolute atomic E-state index is 0. The molecule has 3 aromatic rings. The number of ether oxygens (including phenoxy) is 1. The van der Waals surface area contributed by atoms with E-state index in [0.29, 0.717) is 18.4 Å². The molecule has 31 heavy (non-hydrogen) atoms. The summed E-state index contributed by atoms with van der Waals surface area (Å²) in [6.45, 7) is 8.97. The summed E-state index contributed by atoms with van der Waals surface area (Å²) in [5, 5.41) is 13.6. The molecule has 2 aromatic carbocycles. The Morgan fingerprint density at radius 3 is 2.94 bits per heavy atom. The SMILES string of the molecule is C=C(SC(C)=N)c1ccc2cnc(NCOCc3ccc4c(c3)CCN(C)C4)cc2c1.[HH]. The van der Waals surface area contributed by atoms with Crippen molar-refractivity contribution < 1.29 is 6.16 Å². The van der Waals surface area contributed by atoms with Crippen LogP contribution in [-0.4, -0.2) is 35.3 Å². The molecule has 6 heteroatoms. The highest BCUT2D eigenvalue weighted by Crippen LogP contribution is 2.29. The van der Waals surface area contributed by atoms with Crippen LogP contribution in [0.5, 0.6) is 0 Å². The predicted molar refractivity (Wildman–Crippen MR) is 134 cm³/mol. The van der Waals surface area contributed by atoms with Gasteiger partial charge in [-0.15, -0.1) is 0 Å². The van der Waals surface area contributed by atoms with Crippen molar-refractivity contribution in [3.8, 4) is 0 Å². The Hall–Kier alpha value is -2.67. The van der Waals surface area contributed by atoms with Gasteiger partial charge >= 0.3 is 0 Å². The lowest BCUT2D eigenvalue weighted by molar-refractivity contribution is 0.138. The van der Waals surface area contributed by atoms with Crippen LogP contribution >= 0.6 is 11.8 Å². The molecule has 0 spiro atoms. The molecule has 0 saturated carbocycles. The zero-order valence-corrected chi connectivity index (χ0v) is 18.9. The molecule has 1 aliphatic heterocycles. The largest absolute Gasteiger partial charge is 0.357 e. The van der Waals surface area contributed by atoms with Gasteiger partial charge in [-0.05, 0) is 60.2 Å². The number of likely N-dealkylation sites (N-methyl/N-ethyl adjacent to an activating group) is 1. The van der Waals surface area contributed by atoms with Crippen LogP contribution < -0.4 is 5.32 Å². The van der Waals surface area contributed by atoms with Crippen LogP contribution in [0.2, 0.25) is 0 Å². The Labute approximate surface area is 189 Å². The van der Waals surface area contributed by atoms with Gasteiger partial charge in [-0.2, -0.15) is 0 Å². The summed E-state index contributed by atoms with van der Waals surface area (Å²) in [5.41, 5.74) is 5.10. The van der Waals surface area contributed by atoms with Crippen molar-refractivity contribution in [3.63, 3.8) is 0 Å². The number of pyridine rings is 1. The number of rotatable bonds is 7. The molecule has 1 aromatic heterocycles. The molecule has 0 fully saturated rings. The monoisotopic (exact) mass is 434 g/mol. The second-order valence-corrected chi connectivity index (χ2v) is 9.28. The molecular formula is C25H30N4OS. The average Bonchev–Trinajstić information content (AvgIpc) is 2.75. The molecule has 0 amide bonds. The third-order valence-electron chi connectivity index (χ3n) is 5.42. The minimum Gasteiger partial charge on any atom is -0.357 e. The summed E-state index contributed by atoms with van der Waals surface area (Å²) in [5.74, 6) is 0.777. The van der Waals surface area contributed by atoms with E-state index >= 15 is 0 Å². The molecule has 0 bridgehead atoms. The Morgan fingerprint density at radius 1 is 1.23 bits per heavy atom. The van der Waals surface area contributed by atoms with E-state index in [4.69, 9.17) is 10.1 Å². The van der Waals surface area contributed by atoms with Gasteiger partial charge in [0.05, 0.1) is 11.7 Å². The van der Waals surface area contributed by atoms with Crippen molar-refractivity contribution in [1.29, 1.82) is 5.41 Å². The van der Waals surface area contributed by atoms with E-state index in [1.54, 1.807) is 6.92 Å². The van der Waals surface area contributed by atoms with E-state index in [0.717, 1.165) is 46.6 Å². The number of anilines is 1. The Morgan fingerprint density at radius 2 is 2.10 bits per heavy atom. The summed E-state index contributed by atoms with van der Waals surface area (Å²) in [4.78, 5) is 7.71. The van der Waals surface area contributed by atoms with Crippen molar-refractivity contribution >= 4 is 38.3 Å². The third-order valence-corrected chi connectivity index (χ3v) is 6.21. The van der Waals surface area contributed by atoms with Gasteiger partial charge in [0.15, 0.2) is 0 Å². The first kappa shape index (κ1) is 21.6. The molecule has 0 radical (unpaired) electrons. The molecule has 4 rings (SSSR count). The molecule has 0 aliphatic carbocycles. The first-order valence-corrected chi connectivity index (χ1v) is 11.2. The third kappa shape index (κ3) is 5.53. The summed E-state index contributed by atoms with van der Waals surface area (Å²) >= 11 is 1.38. The van der Waals surface area contributed by atoms with Crippen LogP contribution in [0.4, 0.5) is 5.82 Å². The van der Waals surface area contributed by atoms with E-state index in [1.165, 1.54) is 28.5 Å². The van der Waals surface area contributed by atoms with E-state index in [9.17, 15) is 0 Å². The maximum absolute atomic E-state index is 7.65. The second-order valence-electron chi connectivity index (χ2n) is 7.97. The lowest BCUT2D eigenvalue weighted by Crippen LogP contribution is -2.26. The standard InChI is InChI=1S/C25H28N4OS.H2/c1-17(31-18(2)26)20-6-7-22-13-27-25(12-24(22)11-20)28-16-30-15-19-4-5-23-14-29(3)9-8-21(23)10-19;/h4-7,10-13,26H,1,8-9,14-16H2,2-3H3,(H,27,28);1H. The molecule has 0 atom stereocenters. The molecule has 0 unspecified atom stereocenters. The van der Waals surface area contributed by atoms with Crippen molar-refractivity contribution in [2.24, 2.45) is 0 Å². The van der Waals surface area contributed by atoms with Crippen LogP contribution in [0.1, 0.15) is 30.6 Å². The zero-order valence-electron chi connectivity index (χ0n) is 18.1. The highest BCUT2D eigenvalue weighted by atomic mass is 32.2. The normalized spacial score (nSPS) is 13.7. The van der Waals surface area contributed by atoms with Gasteiger partial charge in [0.25, 0.3) is 0 Å². The fourth-order valence-corrected chi connectivity index (χ4v) is 4.40. The van der Waals surface area contributed by atoms with Crippen LogP contribution in [0.15, 0.2) is 55.2 Å². The fraction of sp³-hybridized carbons (Fsp3) is 0.280. The number of hydrogen-bond acceptors (Lipinski definition) is 6. The van der Waals surface area contributed by atoms with Gasteiger partial charge in [0.2, 0.25) is 0 Å². The van der Waals surface area contributed by atoms with Gasteiger partial charge in [0.1, 0.15) is 12.5 Å². The lowest BCUT2D eigenvalue weighted by Gasteiger charge is -2.25. The Balaban J connectivity index is 0.00000289. The number of nitrogens with one attached hydrogen (secondary N) is 2. The molecule has 162 valence electrons. The van der Waals surface area contributed by atoms with Crippen LogP contribution in [0.25, 0.3) is 15.7 Å². The van der Waals surface area contributed by atoms with Crippen LogP contribution in [0.3, 0.4) is 0 Å². The molecule has 5 nitrogen and oxygen atoms in total. The summed E-state index contributed by atoms with van der Waals surface area (Å²) < 4.78 is 5.85. The van der Waals surface area contributed by atoms with E-state index in [2.05, 4.69) is 53.1 Å². The zero-order chi connectivity index (χ0) is 21.8. The van der Waals surface area contributed by atoms with Gasteiger partial charge in [-0.1, -0.05) is 48.7 Å². The van der Waals surface area contributed by atoms with Gasteiger partial charge in [-0.25, -0.2) is 4.98 Å². The molecule has 2 N–H and O–H groups in total. The minimum atomic E-state index is 0.